The zero-order valence-corrected chi connectivity index (χ0v) is 10.0. The lowest BCUT2D eigenvalue weighted by molar-refractivity contribution is 1.10. The Morgan fingerprint density at radius 3 is 2.36 bits per heavy atom. The van der Waals surface area contributed by atoms with Gasteiger partial charge >= 0.3 is 0 Å². The molecule has 0 N–H and O–H groups in total. The number of fused-ring (bicyclic) bond motifs is 1. The van der Waals surface area contributed by atoms with Crippen LogP contribution in [0.2, 0.25) is 0 Å². The van der Waals surface area contributed by atoms with E-state index in [0.29, 0.717) is 0 Å². The van der Waals surface area contributed by atoms with Crippen LogP contribution in [-0.4, -0.2) is 9.97 Å². The Labute approximate surface area is 91.5 Å². The van der Waals surface area contributed by atoms with E-state index in [4.69, 9.17) is 0 Å². The molecule has 2 nitrogen and oxygen atoms in total. The van der Waals surface area contributed by atoms with Crippen molar-refractivity contribution in [2.45, 2.75) is 20.8 Å². The highest BCUT2D eigenvalue weighted by Gasteiger charge is 2.05. The van der Waals surface area contributed by atoms with Crippen LogP contribution in [0.5, 0.6) is 0 Å². The van der Waals surface area contributed by atoms with Gasteiger partial charge in [0.1, 0.15) is 5.52 Å². The molecule has 0 unspecified atom stereocenters. The topological polar surface area (TPSA) is 25.8 Å². The summed E-state index contributed by atoms with van der Waals surface area (Å²) in [7, 11) is 0. The standard InChI is InChI=1S/C11H11BrN2/c1-6-4-9(12)11-10(5-6)13-7(2)8(3)14-11/h4-5H,1-3H3. The number of halogens is 1. The van der Waals surface area contributed by atoms with Crippen LogP contribution in [0, 0.1) is 20.8 Å². The van der Waals surface area contributed by atoms with Gasteiger partial charge in [0.25, 0.3) is 0 Å². The molecule has 0 aliphatic rings. The molecule has 0 amide bonds. The molecule has 72 valence electrons. The van der Waals surface area contributed by atoms with E-state index in [1.54, 1.807) is 0 Å². The molecule has 1 heterocycles. The Bertz CT molecular complexity index is 506. The van der Waals surface area contributed by atoms with Gasteiger partial charge in [0, 0.05) is 4.47 Å². The summed E-state index contributed by atoms with van der Waals surface area (Å²) in [5.74, 6) is 0. The van der Waals surface area contributed by atoms with E-state index in [1.165, 1.54) is 5.56 Å². The fourth-order valence-corrected chi connectivity index (χ4v) is 2.08. The number of nitrogens with zero attached hydrogens (tertiary/aromatic N) is 2. The smallest absolute Gasteiger partial charge is 0.103 e. The van der Waals surface area contributed by atoms with Crippen LogP contribution in [0.3, 0.4) is 0 Å². The summed E-state index contributed by atoms with van der Waals surface area (Å²) >= 11 is 3.50. The van der Waals surface area contributed by atoms with Crippen LogP contribution in [0.25, 0.3) is 11.0 Å². The molecule has 0 radical (unpaired) electrons. The van der Waals surface area contributed by atoms with Gasteiger partial charge in [-0.05, 0) is 54.4 Å². The van der Waals surface area contributed by atoms with Crippen LogP contribution in [0.1, 0.15) is 17.0 Å². The van der Waals surface area contributed by atoms with Gasteiger partial charge in [-0.1, -0.05) is 0 Å². The van der Waals surface area contributed by atoms with Crippen molar-refractivity contribution in [3.63, 3.8) is 0 Å². The monoisotopic (exact) mass is 250 g/mol. The van der Waals surface area contributed by atoms with E-state index in [9.17, 15) is 0 Å². The molecule has 14 heavy (non-hydrogen) atoms. The molecule has 1 aromatic carbocycles. The van der Waals surface area contributed by atoms with Gasteiger partial charge in [0.15, 0.2) is 0 Å². The number of hydrogen-bond acceptors (Lipinski definition) is 2. The normalized spacial score (nSPS) is 10.9. The molecule has 0 spiro atoms. The summed E-state index contributed by atoms with van der Waals surface area (Å²) in [6.45, 7) is 6.02. The molecule has 0 fully saturated rings. The number of aromatic nitrogens is 2. The van der Waals surface area contributed by atoms with Gasteiger partial charge in [-0.2, -0.15) is 0 Å². The van der Waals surface area contributed by atoms with E-state index in [2.05, 4.69) is 45.0 Å². The Hall–Kier alpha value is -0.960. The van der Waals surface area contributed by atoms with E-state index in [-0.39, 0.29) is 0 Å². The summed E-state index contributed by atoms with van der Waals surface area (Å²) in [6, 6.07) is 4.12. The average molecular weight is 251 g/mol. The lowest BCUT2D eigenvalue weighted by Gasteiger charge is -2.04. The zero-order valence-electron chi connectivity index (χ0n) is 8.43. The maximum Gasteiger partial charge on any atom is 0.103 e. The number of hydrogen-bond donors (Lipinski definition) is 0. The fourth-order valence-electron chi connectivity index (χ4n) is 1.42. The van der Waals surface area contributed by atoms with Crippen molar-refractivity contribution in [3.8, 4) is 0 Å². The van der Waals surface area contributed by atoms with Gasteiger partial charge in [-0.25, -0.2) is 9.97 Å². The lowest BCUT2D eigenvalue weighted by atomic mass is 10.2. The van der Waals surface area contributed by atoms with E-state index in [1.807, 2.05) is 13.8 Å². The van der Waals surface area contributed by atoms with Gasteiger partial charge in [0.05, 0.1) is 16.9 Å². The summed E-state index contributed by atoms with van der Waals surface area (Å²) in [5, 5.41) is 0. The summed E-state index contributed by atoms with van der Waals surface area (Å²) in [5.41, 5.74) is 5.08. The first kappa shape index (κ1) is 9.59. The van der Waals surface area contributed by atoms with E-state index >= 15 is 0 Å². The summed E-state index contributed by atoms with van der Waals surface area (Å²) in [6.07, 6.45) is 0. The van der Waals surface area contributed by atoms with Gasteiger partial charge in [-0.3, -0.25) is 0 Å². The molecule has 0 bridgehead atoms. The quantitative estimate of drug-likeness (QED) is 0.717. The van der Waals surface area contributed by atoms with E-state index in [0.717, 1.165) is 26.9 Å². The van der Waals surface area contributed by atoms with Crippen molar-refractivity contribution in [1.29, 1.82) is 0 Å². The molecular formula is C11H11BrN2. The highest BCUT2D eigenvalue weighted by molar-refractivity contribution is 9.10. The number of benzene rings is 1. The minimum absolute atomic E-state index is 0.943. The first-order chi connectivity index (χ1) is 6.58. The van der Waals surface area contributed by atoms with Crippen molar-refractivity contribution in [3.05, 3.63) is 33.6 Å². The van der Waals surface area contributed by atoms with E-state index < -0.39 is 0 Å². The third kappa shape index (κ3) is 1.52. The molecule has 1 aromatic heterocycles. The summed E-state index contributed by atoms with van der Waals surface area (Å²) < 4.78 is 1.02. The molecule has 0 aliphatic carbocycles. The molecule has 0 saturated carbocycles. The maximum atomic E-state index is 4.51. The predicted octanol–water partition coefficient (Wildman–Crippen LogP) is 3.32. The van der Waals surface area contributed by atoms with Crippen LogP contribution >= 0.6 is 15.9 Å². The predicted molar refractivity (Wildman–Crippen MR) is 61.4 cm³/mol. The van der Waals surface area contributed by atoms with Gasteiger partial charge < -0.3 is 0 Å². The highest BCUT2D eigenvalue weighted by Crippen LogP contribution is 2.23. The third-order valence-electron chi connectivity index (χ3n) is 2.28. The lowest BCUT2D eigenvalue weighted by Crippen LogP contribution is -1.94. The van der Waals surface area contributed by atoms with Crippen LogP contribution in [-0.2, 0) is 0 Å². The average Bonchev–Trinajstić information content (AvgIpc) is 2.08. The summed E-state index contributed by atoms with van der Waals surface area (Å²) in [4.78, 5) is 9.01. The zero-order chi connectivity index (χ0) is 10.3. The van der Waals surface area contributed by atoms with Crippen molar-refractivity contribution < 1.29 is 0 Å². The van der Waals surface area contributed by atoms with Gasteiger partial charge in [0.2, 0.25) is 0 Å². The Morgan fingerprint density at radius 1 is 1.00 bits per heavy atom. The minimum atomic E-state index is 0.943. The molecule has 0 atom stereocenters. The van der Waals surface area contributed by atoms with Crippen LogP contribution in [0.4, 0.5) is 0 Å². The molecule has 2 rings (SSSR count). The number of aryl methyl sites for hydroxylation is 3. The SMILES string of the molecule is Cc1cc(Br)c2nc(C)c(C)nc2c1. The van der Waals surface area contributed by atoms with Crippen LogP contribution < -0.4 is 0 Å². The van der Waals surface area contributed by atoms with Crippen molar-refractivity contribution in [2.24, 2.45) is 0 Å². The largest absolute Gasteiger partial charge is 0.250 e. The Balaban J connectivity index is 2.89. The Morgan fingerprint density at radius 2 is 1.64 bits per heavy atom. The first-order valence-electron chi connectivity index (χ1n) is 4.49. The second-order valence-electron chi connectivity index (χ2n) is 3.51. The third-order valence-corrected chi connectivity index (χ3v) is 2.88. The molecule has 3 heteroatoms. The van der Waals surface area contributed by atoms with Gasteiger partial charge in [-0.15, -0.1) is 0 Å². The van der Waals surface area contributed by atoms with Crippen molar-refractivity contribution >= 4 is 27.0 Å². The highest BCUT2D eigenvalue weighted by atomic mass is 79.9. The molecule has 2 aromatic rings. The Kier molecular flexibility index (Phi) is 2.27. The molecule has 0 saturated heterocycles. The molecular weight excluding hydrogens is 240 g/mol. The van der Waals surface area contributed by atoms with Crippen LogP contribution in [0.15, 0.2) is 16.6 Å². The number of rotatable bonds is 0. The van der Waals surface area contributed by atoms with Crippen molar-refractivity contribution in [2.75, 3.05) is 0 Å². The first-order valence-corrected chi connectivity index (χ1v) is 5.28. The second kappa shape index (κ2) is 3.31. The second-order valence-corrected chi connectivity index (χ2v) is 4.36. The fraction of sp³-hybridized carbons (Fsp3) is 0.273. The minimum Gasteiger partial charge on any atom is -0.250 e. The molecule has 0 aliphatic heterocycles. The maximum absolute atomic E-state index is 4.51. The van der Waals surface area contributed by atoms with Crippen molar-refractivity contribution in [1.82, 2.24) is 9.97 Å².